The largest absolute Gasteiger partial charge is 0.379 e. The predicted molar refractivity (Wildman–Crippen MR) is 87.7 cm³/mol. The molecule has 0 aromatic rings. The van der Waals surface area contributed by atoms with Gasteiger partial charge in [-0.25, -0.2) is 0 Å². The van der Waals surface area contributed by atoms with Crippen LogP contribution in [-0.4, -0.2) is 56.8 Å². The minimum Gasteiger partial charge on any atom is -0.379 e. The van der Waals surface area contributed by atoms with Crippen molar-refractivity contribution in [2.24, 2.45) is 5.92 Å². The Balaban J connectivity index is 2.81. The average Bonchev–Trinajstić information content (AvgIpc) is 2.71. The Kier molecular flexibility index (Phi) is 8.20. The lowest BCUT2D eigenvalue weighted by atomic mass is 9.83. The van der Waals surface area contributed by atoms with Gasteiger partial charge in [-0.15, -0.1) is 0 Å². The third-order valence-electron chi connectivity index (χ3n) is 3.67. The highest BCUT2D eigenvalue weighted by molar-refractivity contribution is 8.07. The summed E-state index contributed by atoms with van der Waals surface area (Å²) in [5.41, 5.74) is 0. The van der Waals surface area contributed by atoms with Gasteiger partial charge in [0.2, 0.25) is 0 Å². The van der Waals surface area contributed by atoms with E-state index in [9.17, 15) is 14.4 Å². The van der Waals surface area contributed by atoms with Gasteiger partial charge in [-0.3, -0.25) is 4.57 Å². The summed E-state index contributed by atoms with van der Waals surface area (Å²) in [4.78, 5) is 19.5. The molecule has 0 spiro atoms. The third kappa shape index (κ3) is 5.97. The SMILES string of the molecule is [B][C@H]1C[C@H](CCP(=O)(O)OC)[C@@H](OP(O)(=S)OCC)[C@H]1OC. The Bertz CT molecular complexity index is 452. The summed E-state index contributed by atoms with van der Waals surface area (Å²) < 4.78 is 32.2. The lowest BCUT2D eigenvalue weighted by Gasteiger charge is -2.28. The Morgan fingerprint density at radius 2 is 1.95 bits per heavy atom. The molecule has 2 unspecified atom stereocenters. The fourth-order valence-corrected chi connectivity index (χ4v) is 5.08. The fourth-order valence-electron chi connectivity index (χ4n) is 2.63. The minimum absolute atomic E-state index is 0.0277. The van der Waals surface area contributed by atoms with Crippen molar-refractivity contribution in [2.45, 2.75) is 37.8 Å². The van der Waals surface area contributed by atoms with Crippen LogP contribution in [0, 0.1) is 5.92 Å². The first-order valence-corrected chi connectivity index (χ1v) is 11.3. The van der Waals surface area contributed by atoms with Crippen LogP contribution in [0.1, 0.15) is 19.8 Å². The quantitative estimate of drug-likeness (QED) is 0.468. The van der Waals surface area contributed by atoms with E-state index in [0.717, 1.165) is 0 Å². The van der Waals surface area contributed by atoms with Gasteiger partial charge in [-0.05, 0) is 36.9 Å². The number of hydrogen-bond acceptors (Lipinski definition) is 6. The maximum atomic E-state index is 11.6. The molecular weight excluding hydrogens is 349 g/mol. The first-order chi connectivity index (χ1) is 10.2. The lowest BCUT2D eigenvalue weighted by Crippen LogP contribution is -2.31. The molecule has 1 aliphatic rings. The smallest absolute Gasteiger partial charge is 0.327 e. The van der Waals surface area contributed by atoms with Crippen molar-refractivity contribution in [1.29, 1.82) is 0 Å². The topological polar surface area (TPSA) is 94.5 Å². The molecule has 0 bridgehead atoms. The summed E-state index contributed by atoms with van der Waals surface area (Å²) in [6.45, 7) is -1.46. The molecular formula is C11H23BO7P2S. The number of ether oxygens (including phenoxy) is 1. The van der Waals surface area contributed by atoms with Crippen LogP contribution in [0.5, 0.6) is 0 Å². The minimum atomic E-state index is -3.61. The first kappa shape index (κ1) is 20.7. The van der Waals surface area contributed by atoms with Crippen LogP contribution < -0.4 is 0 Å². The molecule has 22 heavy (non-hydrogen) atoms. The second-order valence-electron chi connectivity index (χ2n) is 5.15. The van der Waals surface area contributed by atoms with Crippen LogP contribution >= 0.6 is 14.3 Å². The monoisotopic (exact) mass is 372 g/mol. The normalized spacial score (nSPS) is 34.2. The predicted octanol–water partition coefficient (Wildman–Crippen LogP) is 1.84. The summed E-state index contributed by atoms with van der Waals surface area (Å²) in [6, 6.07) is 0. The molecule has 7 nitrogen and oxygen atoms in total. The molecule has 0 amide bonds. The van der Waals surface area contributed by atoms with Crippen LogP contribution in [0.25, 0.3) is 0 Å². The van der Waals surface area contributed by atoms with Gasteiger partial charge in [0.25, 0.3) is 0 Å². The summed E-state index contributed by atoms with van der Waals surface area (Å²) in [7, 11) is 5.10. The Morgan fingerprint density at radius 1 is 1.32 bits per heavy atom. The van der Waals surface area contributed by atoms with E-state index in [-0.39, 0.29) is 24.5 Å². The molecule has 0 saturated heterocycles. The third-order valence-corrected chi connectivity index (χ3v) is 6.74. The van der Waals surface area contributed by atoms with Gasteiger partial charge in [0.1, 0.15) is 0 Å². The molecule has 2 N–H and O–H groups in total. The summed E-state index contributed by atoms with van der Waals surface area (Å²) in [5, 5.41) is 0. The van der Waals surface area contributed by atoms with Crippen molar-refractivity contribution in [1.82, 2.24) is 0 Å². The van der Waals surface area contributed by atoms with Crippen LogP contribution in [0.4, 0.5) is 0 Å². The molecule has 1 saturated carbocycles. The van der Waals surface area contributed by atoms with E-state index in [4.69, 9.17) is 33.4 Å². The highest BCUT2D eigenvalue weighted by Crippen LogP contribution is 2.52. The van der Waals surface area contributed by atoms with Gasteiger partial charge in [0, 0.05) is 14.2 Å². The van der Waals surface area contributed by atoms with E-state index in [1.165, 1.54) is 14.2 Å². The van der Waals surface area contributed by atoms with E-state index < -0.39 is 26.5 Å². The van der Waals surface area contributed by atoms with Crippen molar-refractivity contribution in [3.63, 3.8) is 0 Å². The zero-order valence-corrected chi connectivity index (χ0v) is 15.6. The van der Waals surface area contributed by atoms with Crippen molar-refractivity contribution >= 4 is 34.0 Å². The molecule has 1 aliphatic carbocycles. The van der Waals surface area contributed by atoms with Gasteiger partial charge in [-0.2, -0.15) is 0 Å². The van der Waals surface area contributed by atoms with Gasteiger partial charge < -0.3 is 28.1 Å². The molecule has 1 fully saturated rings. The summed E-state index contributed by atoms with van der Waals surface area (Å²) >= 11 is 4.95. The molecule has 6 atom stereocenters. The van der Waals surface area contributed by atoms with Crippen LogP contribution in [0.2, 0.25) is 5.82 Å². The van der Waals surface area contributed by atoms with Gasteiger partial charge in [0.05, 0.1) is 32.8 Å². The van der Waals surface area contributed by atoms with Crippen molar-refractivity contribution in [3.8, 4) is 0 Å². The molecule has 128 valence electrons. The average molecular weight is 372 g/mol. The second kappa shape index (κ2) is 8.70. The molecule has 0 aliphatic heterocycles. The van der Waals surface area contributed by atoms with E-state index in [1.807, 2.05) is 0 Å². The maximum absolute atomic E-state index is 11.6. The highest BCUT2D eigenvalue weighted by atomic mass is 32.5. The Hall–Kier alpha value is 0.705. The number of rotatable bonds is 9. The van der Waals surface area contributed by atoms with E-state index >= 15 is 0 Å². The summed E-state index contributed by atoms with van der Waals surface area (Å²) in [5.74, 6) is -0.484. The Morgan fingerprint density at radius 3 is 2.45 bits per heavy atom. The van der Waals surface area contributed by atoms with Crippen molar-refractivity contribution in [2.75, 3.05) is 27.0 Å². The summed E-state index contributed by atoms with van der Waals surface area (Å²) in [6.07, 6.45) is -0.185. The van der Waals surface area contributed by atoms with Gasteiger partial charge >= 0.3 is 14.3 Å². The molecule has 2 radical (unpaired) electrons. The highest BCUT2D eigenvalue weighted by Gasteiger charge is 2.44. The van der Waals surface area contributed by atoms with E-state index in [0.29, 0.717) is 12.8 Å². The maximum Gasteiger partial charge on any atom is 0.327 e. The van der Waals surface area contributed by atoms with Crippen LogP contribution in [0.3, 0.4) is 0 Å². The Labute approximate surface area is 137 Å². The number of hydrogen-bond donors (Lipinski definition) is 2. The second-order valence-corrected chi connectivity index (χ2v) is 10.0. The van der Waals surface area contributed by atoms with Crippen molar-refractivity contribution < 1.29 is 32.7 Å². The molecule has 0 aromatic heterocycles. The first-order valence-electron chi connectivity index (χ1n) is 6.97. The lowest BCUT2D eigenvalue weighted by molar-refractivity contribution is -0.00317. The van der Waals surface area contributed by atoms with Gasteiger partial charge in [0.15, 0.2) is 0 Å². The van der Waals surface area contributed by atoms with E-state index in [2.05, 4.69) is 4.52 Å². The molecule has 0 heterocycles. The molecule has 0 aromatic carbocycles. The van der Waals surface area contributed by atoms with Crippen molar-refractivity contribution in [3.05, 3.63) is 0 Å². The molecule has 11 heteroatoms. The van der Waals surface area contributed by atoms with Crippen LogP contribution in [-0.2, 0) is 34.7 Å². The van der Waals surface area contributed by atoms with Crippen LogP contribution in [0.15, 0.2) is 0 Å². The zero-order chi connectivity index (χ0) is 17.0. The zero-order valence-electron chi connectivity index (χ0n) is 13.0. The van der Waals surface area contributed by atoms with Gasteiger partial charge in [-0.1, -0.05) is 6.42 Å². The standard InChI is InChI=1S/C11H23BO7P2S/c1-4-18-21(15,22)19-10-8(5-6-20(13,14)17-3)7-9(12)11(10)16-2/h8-11H,4-7H2,1-3H3,(H,13,14)(H,15,22)/t8-,9-,10+,11-,21?/m0/s1. The number of methoxy groups -OCH3 is 1. The fraction of sp³-hybridized carbons (Fsp3) is 1.00. The van der Waals surface area contributed by atoms with E-state index in [1.54, 1.807) is 6.92 Å². The molecule has 1 rings (SSSR count).